The molecule has 162 valence electrons. The van der Waals surface area contributed by atoms with Crippen LogP contribution in [0.4, 0.5) is 0 Å². The largest absolute Gasteiger partial charge is 0.490 e. The second kappa shape index (κ2) is 7.71. The van der Waals surface area contributed by atoms with E-state index in [1.165, 1.54) is 13.8 Å². The lowest BCUT2D eigenvalue weighted by atomic mass is 9.55. The number of Topliss-reactive ketones (excluding diaryl/α,β-unsaturated/α-hetero) is 1. The molecule has 0 heterocycles. The molecule has 1 aromatic rings. The number of hydrogen-bond acceptors (Lipinski definition) is 6. The molecule has 0 N–H and O–H groups in total. The van der Waals surface area contributed by atoms with Crippen molar-refractivity contribution in [1.82, 2.24) is 0 Å². The van der Waals surface area contributed by atoms with Crippen LogP contribution in [0.1, 0.15) is 81.6 Å². The van der Waals surface area contributed by atoms with Crippen LogP contribution in [-0.4, -0.2) is 30.4 Å². The van der Waals surface area contributed by atoms with Crippen molar-refractivity contribution in [3.63, 3.8) is 0 Å². The SMILES string of the molecule is CCOc1cc2c(cc1OC(C)=O)C(=O)C[C@@H]1[C@@H]2CC[C@]2(C)[C@@H](OC(C)=O)CC[C@@H]12. The maximum absolute atomic E-state index is 13.1. The Kier molecular flexibility index (Phi) is 5.37. The average molecular weight is 414 g/mol. The Hall–Kier alpha value is -2.37. The van der Waals surface area contributed by atoms with Crippen molar-refractivity contribution in [2.24, 2.45) is 17.3 Å². The van der Waals surface area contributed by atoms with E-state index in [1.807, 2.05) is 13.0 Å². The fourth-order valence-corrected chi connectivity index (χ4v) is 6.26. The Morgan fingerprint density at radius 2 is 1.87 bits per heavy atom. The summed E-state index contributed by atoms with van der Waals surface area (Å²) in [4.78, 5) is 36.2. The Labute approximate surface area is 177 Å². The Balaban J connectivity index is 1.70. The number of ketones is 1. The number of ether oxygens (including phenoxy) is 3. The molecule has 30 heavy (non-hydrogen) atoms. The molecule has 1 aromatic carbocycles. The van der Waals surface area contributed by atoms with Crippen molar-refractivity contribution in [2.75, 3.05) is 6.61 Å². The highest BCUT2D eigenvalue weighted by Gasteiger charge is 2.57. The van der Waals surface area contributed by atoms with E-state index in [2.05, 4.69) is 6.92 Å². The lowest BCUT2D eigenvalue weighted by molar-refractivity contribution is -0.154. The first-order valence-corrected chi connectivity index (χ1v) is 10.9. The highest BCUT2D eigenvalue weighted by molar-refractivity contribution is 6.00. The topological polar surface area (TPSA) is 78.9 Å². The van der Waals surface area contributed by atoms with Crippen LogP contribution < -0.4 is 9.47 Å². The number of benzene rings is 1. The monoisotopic (exact) mass is 414 g/mol. The normalized spacial score (nSPS) is 31.9. The van der Waals surface area contributed by atoms with Gasteiger partial charge in [0.05, 0.1) is 6.61 Å². The summed E-state index contributed by atoms with van der Waals surface area (Å²) in [6.07, 6.45) is 4.15. The smallest absolute Gasteiger partial charge is 0.308 e. The molecule has 0 aromatic heterocycles. The second-order valence-electron chi connectivity index (χ2n) is 9.14. The zero-order valence-electron chi connectivity index (χ0n) is 18.2. The summed E-state index contributed by atoms with van der Waals surface area (Å²) < 4.78 is 16.7. The van der Waals surface area contributed by atoms with Gasteiger partial charge in [0.2, 0.25) is 0 Å². The van der Waals surface area contributed by atoms with Crippen molar-refractivity contribution in [3.8, 4) is 11.5 Å². The van der Waals surface area contributed by atoms with Crippen LogP contribution in [0.2, 0.25) is 0 Å². The average Bonchev–Trinajstić information content (AvgIpc) is 2.99. The molecule has 0 spiro atoms. The predicted molar refractivity (Wildman–Crippen MR) is 110 cm³/mol. The summed E-state index contributed by atoms with van der Waals surface area (Å²) in [5.41, 5.74) is 1.58. The van der Waals surface area contributed by atoms with Gasteiger partial charge in [-0.25, -0.2) is 0 Å². The lowest BCUT2D eigenvalue weighted by Gasteiger charge is -2.50. The number of esters is 2. The van der Waals surface area contributed by atoms with Crippen LogP contribution in [0.3, 0.4) is 0 Å². The number of hydrogen-bond donors (Lipinski definition) is 0. The third-order valence-electron chi connectivity index (χ3n) is 7.45. The number of carbonyl (C=O) groups excluding carboxylic acids is 3. The van der Waals surface area contributed by atoms with Gasteiger partial charge in [-0.2, -0.15) is 0 Å². The molecule has 6 nitrogen and oxygen atoms in total. The van der Waals surface area contributed by atoms with Crippen molar-refractivity contribution < 1.29 is 28.6 Å². The quantitative estimate of drug-likeness (QED) is 0.535. The van der Waals surface area contributed by atoms with E-state index in [0.717, 1.165) is 31.2 Å². The van der Waals surface area contributed by atoms with Crippen molar-refractivity contribution >= 4 is 17.7 Å². The molecule has 3 aliphatic carbocycles. The van der Waals surface area contributed by atoms with Gasteiger partial charge in [0.25, 0.3) is 0 Å². The molecule has 3 aliphatic rings. The molecule has 5 atom stereocenters. The minimum Gasteiger partial charge on any atom is -0.490 e. The summed E-state index contributed by atoms with van der Waals surface area (Å²) in [6, 6.07) is 3.59. The summed E-state index contributed by atoms with van der Waals surface area (Å²) >= 11 is 0. The first-order valence-electron chi connectivity index (χ1n) is 10.9. The maximum atomic E-state index is 13.1. The van der Waals surface area contributed by atoms with Gasteiger partial charge >= 0.3 is 11.9 Å². The lowest BCUT2D eigenvalue weighted by Crippen LogP contribution is -2.46. The van der Waals surface area contributed by atoms with Gasteiger partial charge in [0.1, 0.15) is 6.10 Å². The van der Waals surface area contributed by atoms with E-state index in [-0.39, 0.29) is 35.1 Å². The number of rotatable bonds is 4. The highest BCUT2D eigenvalue weighted by Crippen LogP contribution is 2.62. The summed E-state index contributed by atoms with van der Waals surface area (Å²) in [5, 5.41) is 0. The minimum atomic E-state index is -0.437. The maximum Gasteiger partial charge on any atom is 0.308 e. The standard InChI is InChI=1S/C24H30O6/c1-5-28-21-11-16-15-8-9-24(4)19(6-7-23(24)30-14(3)26)17(15)10-20(27)18(16)12-22(21)29-13(2)25/h11-12,15,17,19,23H,5-10H2,1-4H3/t15-,17-,19+,23+,24+/m1/s1. The van der Waals surface area contributed by atoms with Crippen molar-refractivity contribution in [3.05, 3.63) is 23.3 Å². The van der Waals surface area contributed by atoms with Gasteiger partial charge in [-0.05, 0) is 68.1 Å². The molecule has 0 radical (unpaired) electrons. The molecule has 4 rings (SSSR count). The van der Waals surface area contributed by atoms with Gasteiger partial charge in [-0.15, -0.1) is 0 Å². The Morgan fingerprint density at radius 3 is 2.53 bits per heavy atom. The Morgan fingerprint density at radius 1 is 1.10 bits per heavy atom. The fraction of sp³-hybridized carbons (Fsp3) is 0.625. The van der Waals surface area contributed by atoms with Crippen LogP contribution in [0.5, 0.6) is 11.5 Å². The van der Waals surface area contributed by atoms with Gasteiger partial charge in [0.15, 0.2) is 17.3 Å². The van der Waals surface area contributed by atoms with Gasteiger partial charge in [-0.3, -0.25) is 14.4 Å². The zero-order chi connectivity index (χ0) is 21.6. The van der Waals surface area contributed by atoms with Gasteiger partial charge < -0.3 is 14.2 Å². The summed E-state index contributed by atoms with van der Waals surface area (Å²) in [6.45, 7) is 7.36. The molecule has 0 saturated heterocycles. The third kappa shape index (κ3) is 3.40. The molecule has 0 bridgehead atoms. The molecule has 0 aliphatic heterocycles. The molecular formula is C24H30O6. The van der Waals surface area contributed by atoms with Crippen molar-refractivity contribution in [1.29, 1.82) is 0 Å². The Bertz CT molecular complexity index is 890. The van der Waals surface area contributed by atoms with Crippen molar-refractivity contribution in [2.45, 2.75) is 71.8 Å². The van der Waals surface area contributed by atoms with Crippen LogP contribution in [0.15, 0.2) is 12.1 Å². The third-order valence-corrected chi connectivity index (χ3v) is 7.45. The summed E-state index contributed by atoms with van der Waals surface area (Å²) in [5.74, 6) is 1.09. The van der Waals surface area contributed by atoms with Gasteiger partial charge in [-0.1, -0.05) is 6.92 Å². The second-order valence-corrected chi connectivity index (χ2v) is 9.14. The molecule has 0 amide bonds. The molecule has 2 saturated carbocycles. The van der Waals surface area contributed by atoms with E-state index in [4.69, 9.17) is 14.2 Å². The first-order chi connectivity index (χ1) is 14.2. The van der Waals surface area contributed by atoms with E-state index < -0.39 is 5.97 Å². The zero-order valence-corrected chi connectivity index (χ0v) is 18.2. The fourth-order valence-electron chi connectivity index (χ4n) is 6.26. The molecule has 6 heteroatoms. The minimum absolute atomic E-state index is 0.0669. The predicted octanol–water partition coefficient (Wildman–Crippen LogP) is 4.44. The van der Waals surface area contributed by atoms with E-state index in [9.17, 15) is 14.4 Å². The van der Waals surface area contributed by atoms with Crippen LogP contribution in [0.25, 0.3) is 0 Å². The van der Waals surface area contributed by atoms with E-state index >= 15 is 0 Å². The van der Waals surface area contributed by atoms with E-state index in [1.54, 1.807) is 6.07 Å². The van der Waals surface area contributed by atoms with Crippen LogP contribution in [-0.2, 0) is 14.3 Å². The number of fused-ring (bicyclic) bond motifs is 5. The molecule has 2 fully saturated rings. The molecule has 0 unspecified atom stereocenters. The van der Waals surface area contributed by atoms with Gasteiger partial charge in [0, 0.05) is 31.2 Å². The number of carbonyl (C=O) groups is 3. The molecular weight excluding hydrogens is 384 g/mol. The van der Waals surface area contributed by atoms with E-state index in [0.29, 0.717) is 36.0 Å². The highest BCUT2D eigenvalue weighted by atomic mass is 16.6. The first kappa shape index (κ1) is 20.9. The summed E-state index contributed by atoms with van der Waals surface area (Å²) in [7, 11) is 0. The van der Waals surface area contributed by atoms with Crippen LogP contribution in [0, 0.1) is 17.3 Å². The van der Waals surface area contributed by atoms with Crippen LogP contribution >= 0.6 is 0 Å².